The van der Waals surface area contributed by atoms with Crippen LogP contribution < -0.4 is 9.66 Å². The first-order valence-corrected chi connectivity index (χ1v) is 11.4. The molecule has 140 valence electrons. The summed E-state index contributed by atoms with van der Waals surface area (Å²) in [7, 11) is -8.01. The average molecular weight is 395 g/mol. The third kappa shape index (κ3) is 3.98. The SMILES string of the molecule is Cc1ccc(C)c(S(=O)(=O)NNS(=O)(=O)c2ccc3c(c2)CCCC3)c1. The van der Waals surface area contributed by atoms with Gasteiger partial charge in [-0.1, -0.05) is 18.2 Å². The second-order valence-corrected chi connectivity index (χ2v) is 9.95. The van der Waals surface area contributed by atoms with E-state index in [1.54, 1.807) is 32.0 Å². The van der Waals surface area contributed by atoms with Gasteiger partial charge in [0, 0.05) is 0 Å². The van der Waals surface area contributed by atoms with E-state index in [1.807, 2.05) is 15.7 Å². The lowest BCUT2D eigenvalue weighted by atomic mass is 9.92. The van der Waals surface area contributed by atoms with E-state index >= 15 is 0 Å². The van der Waals surface area contributed by atoms with Gasteiger partial charge in [-0.2, -0.15) is 0 Å². The van der Waals surface area contributed by atoms with Gasteiger partial charge in [-0.15, -0.1) is 9.66 Å². The molecule has 0 aliphatic heterocycles. The molecule has 1 aliphatic rings. The van der Waals surface area contributed by atoms with Crippen LogP contribution in [0.1, 0.15) is 35.1 Å². The van der Waals surface area contributed by atoms with Crippen LogP contribution in [0.4, 0.5) is 0 Å². The van der Waals surface area contributed by atoms with Crippen LogP contribution >= 0.6 is 0 Å². The van der Waals surface area contributed by atoms with E-state index in [-0.39, 0.29) is 9.79 Å². The predicted molar refractivity (Wildman–Crippen MR) is 99.6 cm³/mol. The number of rotatable bonds is 5. The number of hydrazine groups is 1. The van der Waals surface area contributed by atoms with Gasteiger partial charge in [0.15, 0.2) is 0 Å². The van der Waals surface area contributed by atoms with Gasteiger partial charge in [-0.25, -0.2) is 16.8 Å². The lowest BCUT2D eigenvalue weighted by molar-refractivity contribution is 0.557. The molecule has 1 aliphatic carbocycles. The van der Waals surface area contributed by atoms with Crippen LogP contribution in [0.2, 0.25) is 0 Å². The maximum Gasteiger partial charge on any atom is 0.254 e. The fourth-order valence-electron chi connectivity index (χ4n) is 3.10. The van der Waals surface area contributed by atoms with E-state index in [1.165, 1.54) is 12.1 Å². The maximum atomic E-state index is 12.5. The number of sulfonamides is 2. The van der Waals surface area contributed by atoms with Crippen molar-refractivity contribution >= 4 is 20.0 Å². The number of nitrogens with one attached hydrogen (secondary N) is 2. The molecule has 0 saturated carbocycles. The molecule has 2 aromatic rings. The summed E-state index contributed by atoms with van der Waals surface area (Å²) >= 11 is 0. The first-order chi connectivity index (χ1) is 12.2. The third-order valence-electron chi connectivity index (χ3n) is 4.57. The van der Waals surface area contributed by atoms with Crippen molar-refractivity contribution in [2.24, 2.45) is 0 Å². The van der Waals surface area contributed by atoms with Gasteiger partial charge < -0.3 is 0 Å². The van der Waals surface area contributed by atoms with Crippen molar-refractivity contribution in [3.8, 4) is 0 Å². The summed E-state index contributed by atoms with van der Waals surface area (Å²) in [4.78, 5) is 4.10. The quantitative estimate of drug-likeness (QED) is 0.762. The largest absolute Gasteiger partial charge is 0.254 e. The maximum absolute atomic E-state index is 12.5. The Morgan fingerprint density at radius 3 is 2.15 bits per heavy atom. The summed E-state index contributed by atoms with van der Waals surface area (Å²) in [5.41, 5.74) is 3.48. The highest BCUT2D eigenvalue weighted by molar-refractivity contribution is 7.92. The van der Waals surface area contributed by atoms with Crippen LogP contribution in [0.5, 0.6) is 0 Å². The Balaban J connectivity index is 1.83. The van der Waals surface area contributed by atoms with Crippen molar-refractivity contribution in [2.45, 2.75) is 49.3 Å². The van der Waals surface area contributed by atoms with Crippen molar-refractivity contribution < 1.29 is 16.8 Å². The Labute approximate surface area is 154 Å². The summed E-state index contributed by atoms with van der Waals surface area (Å²) in [5, 5.41) is 0. The van der Waals surface area contributed by atoms with Crippen molar-refractivity contribution in [1.29, 1.82) is 0 Å². The van der Waals surface area contributed by atoms with Crippen molar-refractivity contribution in [3.05, 3.63) is 58.7 Å². The normalized spacial score (nSPS) is 14.8. The summed E-state index contributed by atoms with van der Waals surface area (Å²) in [6.45, 7) is 3.43. The van der Waals surface area contributed by atoms with Gasteiger partial charge in [0.25, 0.3) is 20.0 Å². The lowest BCUT2D eigenvalue weighted by Crippen LogP contribution is -2.41. The highest BCUT2D eigenvalue weighted by Crippen LogP contribution is 2.24. The van der Waals surface area contributed by atoms with Crippen LogP contribution in [0.3, 0.4) is 0 Å². The molecule has 0 spiro atoms. The molecular weight excluding hydrogens is 372 g/mol. The van der Waals surface area contributed by atoms with E-state index in [0.717, 1.165) is 42.4 Å². The Bertz CT molecular complexity index is 1040. The molecule has 0 atom stereocenters. The van der Waals surface area contributed by atoms with Crippen LogP contribution in [-0.4, -0.2) is 16.8 Å². The Morgan fingerprint density at radius 2 is 1.42 bits per heavy atom. The van der Waals surface area contributed by atoms with Gasteiger partial charge in [0.1, 0.15) is 0 Å². The van der Waals surface area contributed by atoms with Crippen LogP contribution in [-0.2, 0) is 32.9 Å². The number of hydrogen-bond donors (Lipinski definition) is 2. The molecule has 26 heavy (non-hydrogen) atoms. The zero-order valence-electron chi connectivity index (χ0n) is 14.7. The van der Waals surface area contributed by atoms with Crippen LogP contribution in [0, 0.1) is 13.8 Å². The molecule has 0 bridgehead atoms. The van der Waals surface area contributed by atoms with Crippen molar-refractivity contribution in [3.63, 3.8) is 0 Å². The highest BCUT2D eigenvalue weighted by Gasteiger charge is 2.22. The molecule has 3 rings (SSSR count). The standard InChI is InChI=1S/C18H22N2O4S2/c1-13-7-8-14(2)18(11-13)26(23,24)20-19-25(21,22)17-10-9-15-5-3-4-6-16(15)12-17/h7-12,19-20H,3-6H2,1-2H3. The second kappa shape index (κ2) is 7.11. The van der Waals surface area contributed by atoms with E-state index < -0.39 is 20.0 Å². The van der Waals surface area contributed by atoms with Gasteiger partial charge >= 0.3 is 0 Å². The smallest absolute Gasteiger partial charge is 0.206 e. The average Bonchev–Trinajstić information content (AvgIpc) is 2.62. The predicted octanol–water partition coefficient (Wildman–Crippen LogP) is 2.35. The van der Waals surface area contributed by atoms with Gasteiger partial charge in [0.2, 0.25) is 0 Å². The van der Waals surface area contributed by atoms with Gasteiger partial charge in [0.05, 0.1) is 9.79 Å². The molecule has 0 amide bonds. The number of aryl methyl sites for hydroxylation is 4. The van der Waals surface area contributed by atoms with E-state index in [2.05, 4.69) is 0 Å². The molecule has 0 unspecified atom stereocenters. The third-order valence-corrected chi connectivity index (χ3v) is 7.34. The monoisotopic (exact) mass is 394 g/mol. The lowest BCUT2D eigenvalue weighted by Gasteiger charge is -2.17. The van der Waals surface area contributed by atoms with E-state index in [4.69, 9.17) is 0 Å². The van der Waals surface area contributed by atoms with Gasteiger partial charge in [-0.05, 0) is 80.0 Å². The molecule has 0 heterocycles. The molecule has 0 fully saturated rings. The zero-order chi connectivity index (χ0) is 18.9. The molecule has 2 aromatic carbocycles. The van der Waals surface area contributed by atoms with E-state index in [9.17, 15) is 16.8 Å². The van der Waals surface area contributed by atoms with Gasteiger partial charge in [-0.3, -0.25) is 0 Å². The number of hydrogen-bond acceptors (Lipinski definition) is 4. The zero-order valence-corrected chi connectivity index (χ0v) is 16.4. The Kier molecular flexibility index (Phi) is 5.21. The highest BCUT2D eigenvalue weighted by atomic mass is 32.2. The minimum atomic E-state index is -4.01. The van der Waals surface area contributed by atoms with Crippen LogP contribution in [0.15, 0.2) is 46.2 Å². The first kappa shape index (κ1) is 19.0. The molecule has 0 aromatic heterocycles. The first-order valence-electron chi connectivity index (χ1n) is 8.42. The molecule has 6 nitrogen and oxygen atoms in total. The topological polar surface area (TPSA) is 92.3 Å². The molecule has 0 saturated heterocycles. The molecular formula is C18H22N2O4S2. The summed E-state index contributed by atoms with van der Waals surface area (Å²) in [6.07, 6.45) is 3.92. The fourth-order valence-corrected chi connectivity index (χ4v) is 5.58. The molecule has 8 heteroatoms. The molecule has 0 radical (unpaired) electrons. The minimum Gasteiger partial charge on any atom is -0.206 e. The van der Waals surface area contributed by atoms with Crippen molar-refractivity contribution in [1.82, 2.24) is 9.66 Å². The second-order valence-electron chi connectivity index (χ2n) is 6.62. The summed E-state index contributed by atoms with van der Waals surface area (Å²) in [5.74, 6) is 0. The Morgan fingerprint density at radius 1 is 0.769 bits per heavy atom. The van der Waals surface area contributed by atoms with Crippen molar-refractivity contribution in [2.75, 3.05) is 0 Å². The molecule has 2 N–H and O–H groups in total. The fraction of sp³-hybridized carbons (Fsp3) is 0.333. The van der Waals surface area contributed by atoms with Crippen LogP contribution in [0.25, 0.3) is 0 Å². The number of fused-ring (bicyclic) bond motifs is 1. The summed E-state index contributed by atoms with van der Waals surface area (Å²) in [6, 6.07) is 9.93. The Hall–Kier alpha value is -1.74. The van der Waals surface area contributed by atoms with E-state index in [0.29, 0.717) is 5.56 Å². The minimum absolute atomic E-state index is 0.0469. The summed E-state index contributed by atoms with van der Waals surface area (Å²) < 4.78 is 50.0. The number of benzene rings is 2.